The van der Waals surface area contributed by atoms with E-state index in [0.717, 1.165) is 17.8 Å². The van der Waals surface area contributed by atoms with Gasteiger partial charge in [0.05, 0.1) is 0 Å². The Hall–Kier alpha value is -0.0400. The van der Waals surface area contributed by atoms with Gasteiger partial charge in [-0.1, -0.05) is 39.0 Å². The van der Waals surface area contributed by atoms with Gasteiger partial charge in [0, 0.05) is 6.04 Å². The van der Waals surface area contributed by atoms with E-state index in [1.165, 1.54) is 57.8 Å². The van der Waals surface area contributed by atoms with Gasteiger partial charge in [-0.25, -0.2) is 0 Å². The summed E-state index contributed by atoms with van der Waals surface area (Å²) < 4.78 is 0. The van der Waals surface area contributed by atoms with E-state index in [2.05, 4.69) is 6.92 Å². The molecule has 0 amide bonds. The van der Waals surface area contributed by atoms with Crippen molar-refractivity contribution in [2.45, 2.75) is 70.8 Å². The van der Waals surface area contributed by atoms with Crippen molar-refractivity contribution < 1.29 is 0 Å². The summed E-state index contributed by atoms with van der Waals surface area (Å²) in [5.41, 5.74) is 6.34. The van der Waals surface area contributed by atoms with Crippen molar-refractivity contribution in [2.24, 2.45) is 23.5 Å². The second-order valence-electron chi connectivity index (χ2n) is 5.99. The third-order valence-corrected chi connectivity index (χ3v) is 4.79. The van der Waals surface area contributed by atoms with Crippen LogP contribution >= 0.6 is 0 Å². The Kier molecular flexibility index (Phi) is 4.07. The van der Waals surface area contributed by atoms with Crippen molar-refractivity contribution in [1.82, 2.24) is 0 Å². The predicted molar refractivity (Wildman–Crippen MR) is 65.7 cm³/mol. The van der Waals surface area contributed by atoms with Crippen molar-refractivity contribution in [1.29, 1.82) is 0 Å². The maximum Gasteiger partial charge on any atom is 0.00698 e. The molecule has 0 aromatic carbocycles. The molecule has 0 heterocycles. The molecule has 0 radical (unpaired) electrons. The normalized spacial score (nSPS) is 43.6. The van der Waals surface area contributed by atoms with Crippen LogP contribution in [0.4, 0.5) is 0 Å². The minimum Gasteiger partial charge on any atom is -0.327 e. The summed E-state index contributed by atoms with van der Waals surface area (Å²) in [6.45, 7) is 2.41. The molecule has 2 fully saturated rings. The van der Waals surface area contributed by atoms with Crippen LogP contribution in [0.3, 0.4) is 0 Å². The van der Waals surface area contributed by atoms with Gasteiger partial charge in [-0.3, -0.25) is 0 Å². The van der Waals surface area contributed by atoms with Crippen molar-refractivity contribution in [3.05, 3.63) is 0 Å². The molecule has 2 aliphatic carbocycles. The molecular weight excluding hydrogens is 182 g/mol. The molecule has 0 aromatic rings. The molecule has 15 heavy (non-hydrogen) atoms. The predicted octanol–water partition coefficient (Wildman–Crippen LogP) is 3.72. The van der Waals surface area contributed by atoms with Crippen LogP contribution in [0.1, 0.15) is 64.7 Å². The molecular formula is C14H27N. The van der Waals surface area contributed by atoms with E-state index in [9.17, 15) is 0 Å². The molecule has 2 rings (SSSR count). The largest absolute Gasteiger partial charge is 0.327 e. The van der Waals surface area contributed by atoms with E-state index >= 15 is 0 Å². The van der Waals surface area contributed by atoms with Crippen molar-refractivity contribution in [3.8, 4) is 0 Å². The summed E-state index contributed by atoms with van der Waals surface area (Å²) in [4.78, 5) is 0. The van der Waals surface area contributed by atoms with E-state index in [0.29, 0.717) is 6.04 Å². The molecule has 0 saturated heterocycles. The minimum atomic E-state index is 0.519. The summed E-state index contributed by atoms with van der Waals surface area (Å²) in [7, 11) is 0. The summed E-state index contributed by atoms with van der Waals surface area (Å²) in [6.07, 6.45) is 12.8. The van der Waals surface area contributed by atoms with Crippen LogP contribution in [0.15, 0.2) is 0 Å². The fourth-order valence-corrected chi connectivity index (χ4v) is 3.66. The maximum atomic E-state index is 6.34. The molecule has 2 unspecified atom stereocenters. The van der Waals surface area contributed by atoms with E-state index in [1.807, 2.05) is 0 Å². The third-order valence-electron chi connectivity index (χ3n) is 4.79. The average Bonchev–Trinajstić information content (AvgIpc) is 2.44. The smallest absolute Gasteiger partial charge is 0.00698 e. The standard InChI is InChI=1S/C14H27N/c1-11-7-9-12(10-8-11)13-5-3-2-4-6-14(13)15/h11-14H,2-10,15H2,1H3. The zero-order valence-electron chi connectivity index (χ0n) is 10.3. The van der Waals surface area contributed by atoms with Crippen molar-refractivity contribution >= 4 is 0 Å². The maximum absolute atomic E-state index is 6.34. The van der Waals surface area contributed by atoms with Crippen LogP contribution < -0.4 is 5.73 Å². The number of hydrogen-bond donors (Lipinski definition) is 1. The van der Waals surface area contributed by atoms with Crippen molar-refractivity contribution in [2.75, 3.05) is 0 Å². The van der Waals surface area contributed by atoms with Gasteiger partial charge in [-0.15, -0.1) is 0 Å². The van der Waals surface area contributed by atoms with Gasteiger partial charge in [0.2, 0.25) is 0 Å². The fourth-order valence-electron chi connectivity index (χ4n) is 3.66. The summed E-state index contributed by atoms with van der Waals surface area (Å²) >= 11 is 0. The van der Waals surface area contributed by atoms with Gasteiger partial charge in [-0.05, 0) is 43.4 Å². The first-order valence-electron chi connectivity index (χ1n) is 7.03. The lowest BCUT2D eigenvalue weighted by atomic mass is 9.72. The Balaban J connectivity index is 1.89. The van der Waals surface area contributed by atoms with Gasteiger partial charge in [0.15, 0.2) is 0 Å². The SMILES string of the molecule is CC1CCC(C2CCCCCC2N)CC1. The number of hydrogen-bond acceptors (Lipinski definition) is 1. The van der Waals surface area contributed by atoms with Gasteiger partial charge in [0.1, 0.15) is 0 Å². The van der Waals surface area contributed by atoms with E-state index in [1.54, 1.807) is 0 Å². The highest BCUT2D eigenvalue weighted by Crippen LogP contribution is 2.38. The lowest BCUT2D eigenvalue weighted by Crippen LogP contribution is -2.35. The summed E-state index contributed by atoms with van der Waals surface area (Å²) in [6, 6.07) is 0.519. The third kappa shape index (κ3) is 2.96. The van der Waals surface area contributed by atoms with Crippen molar-refractivity contribution in [3.63, 3.8) is 0 Å². The second-order valence-corrected chi connectivity index (χ2v) is 5.99. The molecule has 0 spiro atoms. The lowest BCUT2D eigenvalue weighted by Gasteiger charge is -2.35. The van der Waals surface area contributed by atoms with Crippen LogP contribution in [-0.4, -0.2) is 6.04 Å². The fraction of sp³-hybridized carbons (Fsp3) is 1.00. The molecule has 2 aliphatic rings. The number of rotatable bonds is 1. The molecule has 2 N–H and O–H groups in total. The minimum absolute atomic E-state index is 0.519. The molecule has 2 atom stereocenters. The topological polar surface area (TPSA) is 26.0 Å². The van der Waals surface area contributed by atoms with Crippen LogP contribution in [-0.2, 0) is 0 Å². The van der Waals surface area contributed by atoms with E-state index in [4.69, 9.17) is 5.73 Å². The van der Waals surface area contributed by atoms with Crippen LogP contribution in [0.25, 0.3) is 0 Å². The van der Waals surface area contributed by atoms with E-state index in [-0.39, 0.29) is 0 Å². The van der Waals surface area contributed by atoms with Crippen LogP contribution in [0.2, 0.25) is 0 Å². The Morgan fingerprint density at radius 1 is 0.800 bits per heavy atom. The monoisotopic (exact) mass is 209 g/mol. The molecule has 1 nitrogen and oxygen atoms in total. The molecule has 0 bridgehead atoms. The Labute approximate surface area is 94.8 Å². The van der Waals surface area contributed by atoms with E-state index < -0.39 is 0 Å². The first kappa shape index (κ1) is 11.4. The quantitative estimate of drug-likeness (QED) is 0.654. The molecule has 0 aromatic heterocycles. The van der Waals surface area contributed by atoms with Gasteiger partial charge in [0.25, 0.3) is 0 Å². The van der Waals surface area contributed by atoms with Gasteiger partial charge < -0.3 is 5.73 Å². The molecule has 0 aliphatic heterocycles. The highest BCUT2D eigenvalue weighted by molar-refractivity contribution is 4.84. The zero-order valence-corrected chi connectivity index (χ0v) is 10.3. The summed E-state index contributed by atoms with van der Waals surface area (Å²) in [5, 5.41) is 0. The van der Waals surface area contributed by atoms with Crippen LogP contribution in [0, 0.1) is 17.8 Å². The molecule has 2 saturated carbocycles. The van der Waals surface area contributed by atoms with Crippen LogP contribution in [0.5, 0.6) is 0 Å². The zero-order chi connectivity index (χ0) is 10.7. The van der Waals surface area contributed by atoms with Gasteiger partial charge >= 0.3 is 0 Å². The molecule has 88 valence electrons. The average molecular weight is 209 g/mol. The first-order chi connectivity index (χ1) is 7.27. The molecule has 1 heteroatoms. The Morgan fingerprint density at radius 2 is 1.47 bits per heavy atom. The second kappa shape index (κ2) is 5.34. The highest BCUT2D eigenvalue weighted by atomic mass is 14.7. The summed E-state index contributed by atoms with van der Waals surface area (Å²) in [5.74, 6) is 2.80. The first-order valence-corrected chi connectivity index (χ1v) is 7.03. The van der Waals surface area contributed by atoms with Gasteiger partial charge in [-0.2, -0.15) is 0 Å². The highest BCUT2D eigenvalue weighted by Gasteiger charge is 2.30. The Morgan fingerprint density at radius 3 is 2.20 bits per heavy atom. The number of nitrogens with two attached hydrogens (primary N) is 1. The lowest BCUT2D eigenvalue weighted by molar-refractivity contribution is 0.180. The Bertz CT molecular complexity index is 182.